The van der Waals surface area contributed by atoms with Gasteiger partial charge in [0.25, 0.3) is 0 Å². The first-order chi connectivity index (χ1) is 15.6. The van der Waals surface area contributed by atoms with E-state index in [-0.39, 0.29) is 16.6 Å². The van der Waals surface area contributed by atoms with Crippen molar-refractivity contribution in [2.75, 3.05) is 0 Å². The predicted molar refractivity (Wildman–Crippen MR) is 140 cm³/mol. The molecule has 0 bridgehead atoms. The molecule has 5 aliphatic carbocycles. The van der Waals surface area contributed by atoms with Gasteiger partial charge in [0.1, 0.15) is 0 Å². The maximum atomic E-state index is 7.29. The van der Waals surface area contributed by atoms with Crippen LogP contribution in [0.3, 0.4) is 0 Å². The minimum Gasteiger partial charge on any atom is -0.413 e. The first-order valence-corrected chi connectivity index (χ1v) is 17.6. The molecule has 194 valence electrons. The molecule has 4 heteroatoms. The molecular formula is C30H52O3Si. The molecule has 1 spiro atoms. The fraction of sp³-hybridized carbons (Fsp3) is 1.00. The Morgan fingerprint density at radius 3 is 2.12 bits per heavy atom. The average Bonchev–Trinajstić information content (AvgIpc) is 3.26. The van der Waals surface area contributed by atoms with Gasteiger partial charge in [0.15, 0.2) is 14.1 Å². The lowest BCUT2D eigenvalue weighted by Crippen LogP contribution is -2.66. The van der Waals surface area contributed by atoms with E-state index in [1.807, 2.05) is 0 Å². The molecule has 6 aliphatic rings. The van der Waals surface area contributed by atoms with Crippen molar-refractivity contribution in [2.45, 2.75) is 148 Å². The molecule has 34 heavy (non-hydrogen) atoms. The van der Waals surface area contributed by atoms with Gasteiger partial charge in [0, 0.05) is 0 Å². The highest BCUT2D eigenvalue weighted by molar-refractivity contribution is 6.74. The van der Waals surface area contributed by atoms with Gasteiger partial charge in [0.2, 0.25) is 0 Å². The van der Waals surface area contributed by atoms with Crippen LogP contribution in [0, 0.1) is 39.9 Å². The molecule has 6 fully saturated rings. The highest BCUT2D eigenvalue weighted by Crippen LogP contribution is 2.78. The van der Waals surface area contributed by atoms with Gasteiger partial charge in [-0.3, -0.25) is 0 Å². The van der Waals surface area contributed by atoms with Crippen LogP contribution < -0.4 is 0 Å². The van der Waals surface area contributed by atoms with Gasteiger partial charge >= 0.3 is 0 Å². The minimum atomic E-state index is -1.81. The third-order valence-corrected chi connectivity index (χ3v) is 17.2. The van der Waals surface area contributed by atoms with Crippen LogP contribution in [0.1, 0.15) is 106 Å². The number of fused-ring (bicyclic) bond motifs is 9. The summed E-state index contributed by atoms with van der Waals surface area (Å²) in [6, 6.07) is 0. The molecule has 9 atom stereocenters. The lowest BCUT2D eigenvalue weighted by Gasteiger charge is -2.66. The molecule has 0 amide bonds. The standard InChI is InChI=1S/C30H52O3Si/c1-26(2,3)34(8,9)33-21-14-13-19-22-24-23(31-27(4,5)32-24)20-12-10-11-15-28(20,6)25(22)30(16-17-30)18-29(19,21)7/h19-25H,10-18H2,1-9H3/t19?,20?,21-,22?,23+,24+,25-,28-,29-/m0/s1. The molecular weight excluding hydrogens is 436 g/mol. The summed E-state index contributed by atoms with van der Waals surface area (Å²) in [7, 11) is -1.81. The Kier molecular flexibility index (Phi) is 5.13. The predicted octanol–water partition coefficient (Wildman–Crippen LogP) is 7.94. The second kappa shape index (κ2) is 7.14. The quantitative estimate of drug-likeness (QED) is 0.369. The van der Waals surface area contributed by atoms with Gasteiger partial charge in [-0.1, -0.05) is 47.5 Å². The van der Waals surface area contributed by atoms with E-state index in [4.69, 9.17) is 13.9 Å². The molecule has 0 aromatic carbocycles. The van der Waals surface area contributed by atoms with Crippen molar-refractivity contribution in [1.29, 1.82) is 0 Å². The van der Waals surface area contributed by atoms with Gasteiger partial charge in [0.05, 0.1) is 18.3 Å². The van der Waals surface area contributed by atoms with Crippen LogP contribution in [-0.4, -0.2) is 32.4 Å². The highest BCUT2D eigenvalue weighted by Gasteiger charge is 2.75. The summed E-state index contributed by atoms with van der Waals surface area (Å²) in [5.74, 6) is 2.40. The summed E-state index contributed by atoms with van der Waals surface area (Å²) in [5.41, 5.74) is 1.23. The normalized spacial score (nSPS) is 50.9. The van der Waals surface area contributed by atoms with Crippen LogP contribution in [-0.2, 0) is 13.9 Å². The average molecular weight is 489 g/mol. The van der Waals surface area contributed by atoms with Crippen molar-refractivity contribution in [2.24, 2.45) is 39.9 Å². The molecule has 1 aliphatic heterocycles. The van der Waals surface area contributed by atoms with E-state index in [1.165, 1.54) is 57.8 Å². The number of ether oxygens (including phenoxy) is 2. The van der Waals surface area contributed by atoms with E-state index in [1.54, 1.807) is 0 Å². The Balaban J connectivity index is 1.41. The summed E-state index contributed by atoms with van der Waals surface area (Å²) in [5, 5.41) is 0.265. The Hall–Kier alpha value is 0.0969. The topological polar surface area (TPSA) is 27.7 Å². The number of hydrogen-bond acceptors (Lipinski definition) is 3. The second-order valence-electron chi connectivity index (χ2n) is 16.1. The van der Waals surface area contributed by atoms with Gasteiger partial charge in [-0.2, -0.15) is 0 Å². The maximum Gasteiger partial charge on any atom is 0.192 e. The Labute approximate surface area is 210 Å². The lowest BCUT2D eigenvalue weighted by molar-refractivity contribution is -0.211. The van der Waals surface area contributed by atoms with Crippen molar-refractivity contribution < 1.29 is 13.9 Å². The van der Waals surface area contributed by atoms with E-state index in [0.717, 1.165) is 5.92 Å². The molecule has 5 saturated carbocycles. The number of hydrogen-bond donors (Lipinski definition) is 0. The van der Waals surface area contributed by atoms with Gasteiger partial charge < -0.3 is 13.9 Å². The Morgan fingerprint density at radius 1 is 0.794 bits per heavy atom. The summed E-state index contributed by atoms with van der Waals surface area (Å²) in [6.45, 7) is 21.8. The molecule has 0 N–H and O–H groups in total. The molecule has 1 heterocycles. The molecule has 0 aromatic rings. The smallest absolute Gasteiger partial charge is 0.192 e. The van der Waals surface area contributed by atoms with Crippen LogP contribution in [0.25, 0.3) is 0 Å². The SMILES string of the molecule is CC1(C)O[C@@H]2C3C4CC[C@H](O[Si](C)(C)C(C)(C)C)[C@@]4(C)CC4(CC4)[C@@H]3[C@@]3(C)CCCCC3[C@H]2O1. The zero-order valence-corrected chi connectivity index (χ0v) is 24.6. The molecule has 0 radical (unpaired) electrons. The minimum absolute atomic E-state index is 0.265. The van der Waals surface area contributed by atoms with Gasteiger partial charge in [-0.25, -0.2) is 0 Å². The fourth-order valence-corrected chi connectivity index (χ4v) is 11.7. The largest absolute Gasteiger partial charge is 0.413 e. The van der Waals surface area contributed by atoms with Crippen molar-refractivity contribution in [3.05, 3.63) is 0 Å². The number of rotatable bonds is 2. The molecule has 1 saturated heterocycles. The van der Waals surface area contributed by atoms with Crippen LogP contribution in [0.4, 0.5) is 0 Å². The van der Waals surface area contributed by atoms with Crippen LogP contribution in [0.5, 0.6) is 0 Å². The van der Waals surface area contributed by atoms with Crippen LogP contribution >= 0.6 is 0 Å². The Morgan fingerprint density at radius 2 is 1.47 bits per heavy atom. The fourth-order valence-electron chi connectivity index (χ4n) is 10.3. The zero-order chi connectivity index (χ0) is 24.5. The summed E-state index contributed by atoms with van der Waals surface area (Å²) in [4.78, 5) is 0. The van der Waals surface area contributed by atoms with E-state index >= 15 is 0 Å². The van der Waals surface area contributed by atoms with Crippen LogP contribution in [0.15, 0.2) is 0 Å². The second-order valence-corrected chi connectivity index (χ2v) is 20.8. The van der Waals surface area contributed by atoms with Gasteiger partial charge in [-0.15, -0.1) is 0 Å². The zero-order valence-electron chi connectivity index (χ0n) is 23.6. The molecule has 3 nitrogen and oxygen atoms in total. The lowest BCUT2D eigenvalue weighted by atomic mass is 9.40. The van der Waals surface area contributed by atoms with E-state index in [0.29, 0.717) is 40.8 Å². The molecule has 6 rings (SSSR count). The van der Waals surface area contributed by atoms with Crippen molar-refractivity contribution >= 4 is 8.32 Å². The van der Waals surface area contributed by atoms with Gasteiger partial charge in [-0.05, 0) is 117 Å². The summed E-state index contributed by atoms with van der Waals surface area (Å²) in [6.07, 6.45) is 13.4. The van der Waals surface area contributed by atoms with E-state index in [2.05, 4.69) is 61.6 Å². The van der Waals surface area contributed by atoms with E-state index < -0.39 is 14.1 Å². The summed E-state index contributed by atoms with van der Waals surface area (Å²) >= 11 is 0. The third-order valence-electron chi connectivity index (χ3n) is 12.7. The van der Waals surface area contributed by atoms with E-state index in [9.17, 15) is 0 Å². The first-order valence-electron chi connectivity index (χ1n) is 14.7. The van der Waals surface area contributed by atoms with Crippen molar-refractivity contribution in [3.63, 3.8) is 0 Å². The van der Waals surface area contributed by atoms with Crippen LogP contribution in [0.2, 0.25) is 18.1 Å². The Bertz CT molecular complexity index is 840. The van der Waals surface area contributed by atoms with Crippen molar-refractivity contribution in [3.8, 4) is 0 Å². The maximum absolute atomic E-state index is 7.29. The monoisotopic (exact) mass is 488 g/mol. The summed E-state index contributed by atoms with van der Waals surface area (Å²) < 4.78 is 21.0. The van der Waals surface area contributed by atoms with Crippen molar-refractivity contribution in [1.82, 2.24) is 0 Å². The molecule has 0 aromatic heterocycles. The third kappa shape index (κ3) is 3.23. The highest BCUT2D eigenvalue weighted by atomic mass is 28.4. The first kappa shape index (κ1) is 24.4. The molecule has 3 unspecified atom stereocenters.